The average Bonchev–Trinajstić information content (AvgIpc) is 3.12. The van der Waals surface area contributed by atoms with Crippen LogP contribution in [0.1, 0.15) is 29.5 Å². The fourth-order valence-electron chi connectivity index (χ4n) is 3.11. The van der Waals surface area contributed by atoms with E-state index in [1.165, 1.54) is 0 Å². The van der Waals surface area contributed by atoms with Crippen molar-refractivity contribution < 1.29 is 9.53 Å². The number of rotatable bonds is 5. The van der Waals surface area contributed by atoms with E-state index < -0.39 is 0 Å². The standard InChI is InChI=1S/C19H22N4O2/c1-12-8-13(2)15-10-14(11-20)18(23-16(15)9-12)21-5-6-22-19(24)17-4-3-7-25-17/h8-10,17H,3-7H2,1-2H3,(H,21,23)(H,22,24)/t17-/m1/s1. The van der Waals surface area contributed by atoms with Gasteiger partial charge in [-0.05, 0) is 49.9 Å². The molecule has 0 bridgehead atoms. The van der Waals surface area contributed by atoms with Crippen LogP contribution in [0.4, 0.5) is 5.82 Å². The lowest BCUT2D eigenvalue weighted by Crippen LogP contribution is -2.36. The molecule has 1 aromatic heterocycles. The predicted octanol–water partition coefficient (Wildman–Crippen LogP) is 2.43. The van der Waals surface area contributed by atoms with Gasteiger partial charge in [0.1, 0.15) is 18.0 Å². The van der Waals surface area contributed by atoms with E-state index in [0.29, 0.717) is 31.1 Å². The van der Waals surface area contributed by atoms with Crippen LogP contribution in [0.15, 0.2) is 18.2 Å². The van der Waals surface area contributed by atoms with Crippen molar-refractivity contribution >= 4 is 22.6 Å². The van der Waals surface area contributed by atoms with Crippen LogP contribution in [0, 0.1) is 25.2 Å². The monoisotopic (exact) mass is 338 g/mol. The summed E-state index contributed by atoms with van der Waals surface area (Å²) in [6.45, 7) is 5.65. The molecule has 2 heterocycles. The number of anilines is 1. The molecule has 6 nitrogen and oxygen atoms in total. The van der Waals surface area contributed by atoms with E-state index in [9.17, 15) is 10.1 Å². The number of ether oxygens (including phenoxy) is 1. The molecule has 0 saturated carbocycles. The largest absolute Gasteiger partial charge is 0.368 e. The first-order valence-corrected chi connectivity index (χ1v) is 8.54. The molecule has 1 saturated heterocycles. The Morgan fingerprint density at radius 1 is 1.36 bits per heavy atom. The maximum absolute atomic E-state index is 11.9. The Hall–Kier alpha value is -2.65. The van der Waals surface area contributed by atoms with Crippen molar-refractivity contribution in [3.63, 3.8) is 0 Å². The molecule has 0 spiro atoms. The van der Waals surface area contributed by atoms with Gasteiger partial charge in [-0.25, -0.2) is 4.98 Å². The van der Waals surface area contributed by atoms with Crippen LogP contribution in [0.2, 0.25) is 0 Å². The van der Waals surface area contributed by atoms with Gasteiger partial charge in [-0.15, -0.1) is 0 Å². The van der Waals surface area contributed by atoms with Crippen LogP contribution < -0.4 is 10.6 Å². The number of amides is 1. The second-order valence-electron chi connectivity index (χ2n) is 6.36. The number of hydrogen-bond acceptors (Lipinski definition) is 5. The van der Waals surface area contributed by atoms with Crippen LogP contribution >= 0.6 is 0 Å². The molecule has 6 heteroatoms. The van der Waals surface area contributed by atoms with Crippen molar-refractivity contribution in [2.24, 2.45) is 0 Å². The van der Waals surface area contributed by atoms with Gasteiger partial charge in [0.15, 0.2) is 0 Å². The summed E-state index contributed by atoms with van der Waals surface area (Å²) in [5.74, 6) is 0.476. The van der Waals surface area contributed by atoms with Crippen LogP contribution in [0.25, 0.3) is 10.9 Å². The van der Waals surface area contributed by atoms with E-state index in [1.807, 2.05) is 26.0 Å². The highest BCUT2D eigenvalue weighted by Crippen LogP contribution is 2.24. The third-order valence-corrected chi connectivity index (χ3v) is 4.34. The van der Waals surface area contributed by atoms with Crippen molar-refractivity contribution in [2.45, 2.75) is 32.8 Å². The summed E-state index contributed by atoms with van der Waals surface area (Å²) in [6, 6.07) is 8.15. The average molecular weight is 338 g/mol. The summed E-state index contributed by atoms with van der Waals surface area (Å²) in [5, 5.41) is 16.4. The maximum atomic E-state index is 11.9. The number of fused-ring (bicyclic) bond motifs is 1. The zero-order valence-electron chi connectivity index (χ0n) is 14.6. The highest BCUT2D eigenvalue weighted by Gasteiger charge is 2.22. The van der Waals surface area contributed by atoms with Gasteiger partial charge in [0.05, 0.1) is 11.1 Å². The number of pyridine rings is 1. The molecular weight excluding hydrogens is 316 g/mol. The highest BCUT2D eigenvalue weighted by molar-refractivity contribution is 5.86. The van der Waals surface area contributed by atoms with E-state index in [0.717, 1.165) is 34.9 Å². The van der Waals surface area contributed by atoms with Gasteiger partial charge in [0, 0.05) is 25.1 Å². The number of nitriles is 1. The topological polar surface area (TPSA) is 87.0 Å². The Morgan fingerprint density at radius 2 is 2.20 bits per heavy atom. The molecule has 1 aliphatic rings. The minimum absolute atomic E-state index is 0.0717. The number of nitrogens with zero attached hydrogens (tertiary/aromatic N) is 2. The molecule has 1 atom stereocenters. The van der Waals surface area contributed by atoms with Gasteiger partial charge in [-0.2, -0.15) is 5.26 Å². The van der Waals surface area contributed by atoms with E-state index in [2.05, 4.69) is 27.8 Å². The molecule has 1 amide bonds. The van der Waals surface area contributed by atoms with Crippen molar-refractivity contribution in [2.75, 3.05) is 25.0 Å². The zero-order chi connectivity index (χ0) is 17.8. The number of carbonyl (C=O) groups excluding carboxylic acids is 1. The number of aryl methyl sites for hydroxylation is 2. The van der Waals surface area contributed by atoms with Crippen LogP contribution in [0.5, 0.6) is 0 Å². The number of benzene rings is 1. The molecule has 1 aliphatic heterocycles. The summed E-state index contributed by atoms with van der Waals surface area (Å²) in [5.41, 5.74) is 3.61. The minimum atomic E-state index is -0.320. The SMILES string of the molecule is Cc1cc(C)c2cc(C#N)c(NCCNC(=O)[C@H]3CCCO3)nc2c1. The van der Waals surface area contributed by atoms with E-state index in [1.54, 1.807) is 0 Å². The van der Waals surface area contributed by atoms with Crippen LogP contribution in [-0.4, -0.2) is 36.7 Å². The van der Waals surface area contributed by atoms with Crippen molar-refractivity contribution in [1.29, 1.82) is 5.26 Å². The van der Waals surface area contributed by atoms with Crippen LogP contribution in [-0.2, 0) is 9.53 Å². The van der Waals surface area contributed by atoms with Crippen molar-refractivity contribution in [1.82, 2.24) is 10.3 Å². The van der Waals surface area contributed by atoms with Gasteiger partial charge in [0.2, 0.25) is 5.91 Å². The molecule has 130 valence electrons. The molecule has 0 aliphatic carbocycles. The maximum Gasteiger partial charge on any atom is 0.249 e. The minimum Gasteiger partial charge on any atom is -0.368 e. The van der Waals surface area contributed by atoms with Crippen LogP contribution in [0.3, 0.4) is 0 Å². The molecule has 2 N–H and O–H groups in total. The lowest BCUT2D eigenvalue weighted by Gasteiger charge is -2.13. The Labute approximate surface area is 147 Å². The second kappa shape index (κ2) is 7.49. The fraction of sp³-hybridized carbons (Fsp3) is 0.421. The molecule has 1 aromatic carbocycles. The third-order valence-electron chi connectivity index (χ3n) is 4.34. The quantitative estimate of drug-likeness (QED) is 0.818. The zero-order valence-corrected chi connectivity index (χ0v) is 14.6. The summed E-state index contributed by atoms with van der Waals surface area (Å²) in [7, 11) is 0. The molecule has 0 unspecified atom stereocenters. The van der Waals surface area contributed by atoms with Crippen molar-refractivity contribution in [3.8, 4) is 6.07 Å². The first kappa shape index (κ1) is 17.2. The lowest BCUT2D eigenvalue weighted by molar-refractivity contribution is -0.129. The second-order valence-corrected chi connectivity index (χ2v) is 6.36. The fourth-order valence-corrected chi connectivity index (χ4v) is 3.11. The smallest absolute Gasteiger partial charge is 0.249 e. The highest BCUT2D eigenvalue weighted by atomic mass is 16.5. The Balaban J connectivity index is 1.66. The van der Waals surface area contributed by atoms with Crippen molar-refractivity contribution in [3.05, 3.63) is 34.9 Å². The first-order chi connectivity index (χ1) is 12.1. The van der Waals surface area contributed by atoms with E-state index in [4.69, 9.17) is 4.74 Å². The van der Waals surface area contributed by atoms with Gasteiger partial charge in [0.25, 0.3) is 0 Å². The van der Waals surface area contributed by atoms with E-state index in [-0.39, 0.29) is 12.0 Å². The van der Waals surface area contributed by atoms with Gasteiger partial charge in [-0.3, -0.25) is 4.79 Å². The van der Waals surface area contributed by atoms with Gasteiger partial charge >= 0.3 is 0 Å². The summed E-state index contributed by atoms with van der Waals surface area (Å²) in [4.78, 5) is 16.5. The summed E-state index contributed by atoms with van der Waals surface area (Å²) < 4.78 is 5.35. The molecule has 0 radical (unpaired) electrons. The predicted molar refractivity (Wildman–Crippen MR) is 96.4 cm³/mol. The number of nitrogens with one attached hydrogen (secondary N) is 2. The molecule has 3 rings (SSSR count). The Kier molecular flexibility index (Phi) is 5.15. The normalized spacial score (nSPS) is 16.6. The number of aromatic nitrogens is 1. The molecule has 2 aromatic rings. The first-order valence-electron chi connectivity index (χ1n) is 8.54. The Bertz CT molecular complexity index is 835. The van der Waals surface area contributed by atoms with Gasteiger partial charge in [-0.1, -0.05) is 6.07 Å². The molecular formula is C19H22N4O2. The molecule has 25 heavy (non-hydrogen) atoms. The summed E-state index contributed by atoms with van der Waals surface area (Å²) in [6.07, 6.45) is 1.39. The third kappa shape index (κ3) is 3.89. The number of hydrogen-bond donors (Lipinski definition) is 2. The number of carbonyl (C=O) groups is 1. The van der Waals surface area contributed by atoms with Gasteiger partial charge < -0.3 is 15.4 Å². The summed E-state index contributed by atoms with van der Waals surface area (Å²) >= 11 is 0. The Morgan fingerprint density at radius 3 is 2.92 bits per heavy atom. The lowest BCUT2D eigenvalue weighted by atomic mass is 10.0. The van der Waals surface area contributed by atoms with E-state index >= 15 is 0 Å². The molecule has 1 fully saturated rings.